The SMILES string of the molecule is COc1ccccc1NC(=O)N1CCC(CNS(=O)(=O)c2ccc(NC(C)=O)cc2C)CC1. The van der Waals surface area contributed by atoms with Gasteiger partial charge in [0.1, 0.15) is 5.75 Å². The van der Waals surface area contributed by atoms with Crippen molar-refractivity contribution in [1.82, 2.24) is 9.62 Å². The van der Waals surface area contributed by atoms with E-state index >= 15 is 0 Å². The molecule has 10 heteroatoms. The van der Waals surface area contributed by atoms with Crippen molar-refractivity contribution >= 4 is 33.3 Å². The Morgan fingerprint density at radius 2 is 1.79 bits per heavy atom. The molecule has 0 bridgehead atoms. The van der Waals surface area contributed by atoms with Gasteiger partial charge in [-0.15, -0.1) is 0 Å². The Morgan fingerprint density at radius 3 is 2.42 bits per heavy atom. The van der Waals surface area contributed by atoms with Crippen LogP contribution in [0.15, 0.2) is 47.4 Å². The molecule has 1 aliphatic heterocycles. The van der Waals surface area contributed by atoms with Gasteiger partial charge in [0.2, 0.25) is 15.9 Å². The molecule has 0 spiro atoms. The Bertz CT molecular complexity index is 1110. The first-order chi connectivity index (χ1) is 15.7. The number of aryl methyl sites for hydroxylation is 1. The summed E-state index contributed by atoms with van der Waals surface area (Å²) in [4.78, 5) is 25.7. The van der Waals surface area contributed by atoms with Crippen LogP contribution in [0.1, 0.15) is 25.3 Å². The largest absolute Gasteiger partial charge is 0.495 e. The lowest BCUT2D eigenvalue weighted by Crippen LogP contribution is -2.43. The van der Waals surface area contributed by atoms with Crippen LogP contribution in [0.3, 0.4) is 0 Å². The standard InChI is InChI=1S/C23H30N4O5S/c1-16-14-19(25-17(2)28)8-9-22(16)33(30,31)24-15-18-10-12-27(13-11-18)23(29)26-20-6-4-5-7-21(20)32-3/h4-9,14,18,24H,10-13,15H2,1-3H3,(H,25,28)(H,26,29). The highest BCUT2D eigenvalue weighted by molar-refractivity contribution is 7.89. The number of benzene rings is 2. The molecule has 1 fully saturated rings. The summed E-state index contributed by atoms with van der Waals surface area (Å²) < 4.78 is 33.5. The summed E-state index contributed by atoms with van der Waals surface area (Å²) in [6, 6.07) is 11.7. The number of ether oxygens (including phenoxy) is 1. The van der Waals surface area contributed by atoms with E-state index in [1.807, 2.05) is 12.1 Å². The van der Waals surface area contributed by atoms with E-state index in [9.17, 15) is 18.0 Å². The van der Waals surface area contributed by atoms with Crippen molar-refractivity contribution in [3.05, 3.63) is 48.0 Å². The predicted octanol–water partition coefficient (Wildman–Crippen LogP) is 3.18. The summed E-state index contributed by atoms with van der Waals surface area (Å²) in [5.41, 5.74) is 1.72. The highest BCUT2D eigenvalue weighted by atomic mass is 32.2. The fraction of sp³-hybridized carbons (Fsp3) is 0.391. The number of nitrogens with zero attached hydrogens (tertiary/aromatic N) is 1. The van der Waals surface area contributed by atoms with Crippen molar-refractivity contribution in [2.45, 2.75) is 31.6 Å². The minimum Gasteiger partial charge on any atom is -0.495 e. The predicted molar refractivity (Wildman–Crippen MR) is 127 cm³/mol. The molecule has 0 radical (unpaired) electrons. The lowest BCUT2D eigenvalue weighted by atomic mass is 9.97. The number of hydrogen-bond donors (Lipinski definition) is 3. The topological polar surface area (TPSA) is 117 Å². The molecule has 2 aromatic rings. The molecule has 33 heavy (non-hydrogen) atoms. The van der Waals surface area contributed by atoms with Gasteiger partial charge in [-0.3, -0.25) is 4.79 Å². The number of rotatable bonds is 7. The van der Waals surface area contributed by atoms with Gasteiger partial charge >= 0.3 is 6.03 Å². The minimum atomic E-state index is -3.68. The van der Waals surface area contributed by atoms with Crippen molar-refractivity contribution in [2.24, 2.45) is 5.92 Å². The number of nitrogens with one attached hydrogen (secondary N) is 3. The third kappa shape index (κ3) is 6.45. The molecule has 3 N–H and O–H groups in total. The fourth-order valence-electron chi connectivity index (χ4n) is 3.82. The first-order valence-corrected chi connectivity index (χ1v) is 12.2. The molecule has 0 aliphatic carbocycles. The Hall–Kier alpha value is -3.11. The molecule has 1 heterocycles. The monoisotopic (exact) mass is 474 g/mol. The number of likely N-dealkylation sites (tertiary alicyclic amines) is 1. The third-order valence-corrected chi connectivity index (χ3v) is 7.18. The van der Waals surface area contributed by atoms with Crippen LogP contribution in [-0.4, -0.2) is 52.0 Å². The highest BCUT2D eigenvalue weighted by Gasteiger charge is 2.25. The van der Waals surface area contributed by atoms with Gasteiger partial charge in [-0.25, -0.2) is 17.9 Å². The summed E-state index contributed by atoms with van der Waals surface area (Å²) in [5.74, 6) is 0.510. The Kier molecular flexibility index (Phi) is 7.93. The van der Waals surface area contributed by atoms with E-state index in [0.717, 1.165) is 0 Å². The summed E-state index contributed by atoms with van der Waals surface area (Å²) in [5, 5.41) is 5.51. The van der Waals surface area contributed by atoms with E-state index in [2.05, 4.69) is 15.4 Å². The van der Waals surface area contributed by atoms with Gasteiger partial charge in [0.05, 0.1) is 17.7 Å². The maximum Gasteiger partial charge on any atom is 0.321 e. The van der Waals surface area contributed by atoms with Crippen LogP contribution in [0.2, 0.25) is 0 Å². The zero-order valence-electron chi connectivity index (χ0n) is 19.1. The van der Waals surface area contributed by atoms with Gasteiger partial charge in [-0.1, -0.05) is 12.1 Å². The van der Waals surface area contributed by atoms with Crippen LogP contribution in [-0.2, 0) is 14.8 Å². The van der Waals surface area contributed by atoms with Crippen LogP contribution < -0.4 is 20.1 Å². The van der Waals surface area contributed by atoms with Crippen molar-refractivity contribution < 1.29 is 22.7 Å². The number of sulfonamides is 1. The second-order valence-corrected chi connectivity index (χ2v) is 9.81. The smallest absolute Gasteiger partial charge is 0.321 e. The number of urea groups is 1. The number of amides is 3. The average molecular weight is 475 g/mol. The zero-order valence-corrected chi connectivity index (χ0v) is 19.9. The number of piperidine rings is 1. The summed E-state index contributed by atoms with van der Waals surface area (Å²) in [7, 11) is -2.13. The average Bonchev–Trinajstić information content (AvgIpc) is 2.78. The number of anilines is 2. The quantitative estimate of drug-likeness (QED) is 0.570. The number of methoxy groups -OCH3 is 1. The molecule has 3 rings (SSSR count). The van der Waals surface area contributed by atoms with Crippen LogP contribution >= 0.6 is 0 Å². The molecule has 178 valence electrons. The Labute approximate surface area is 194 Å². The van der Waals surface area contributed by atoms with E-state index in [0.29, 0.717) is 55.2 Å². The van der Waals surface area contributed by atoms with Gasteiger partial charge in [0.15, 0.2) is 0 Å². The number of carbonyl (C=O) groups excluding carboxylic acids is 2. The van der Waals surface area contributed by atoms with Crippen molar-refractivity contribution in [2.75, 3.05) is 37.4 Å². The normalized spacial score (nSPS) is 14.6. The van der Waals surface area contributed by atoms with E-state index in [4.69, 9.17) is 4.74 Å². The van der Waals surface area contributed by atoms with Gasteiger partial charge < -0.3 is 20.3 Å². The first kappa shape index (κ1) is 24.5. The number of hydrogen-bond acceptors (Lipinski definition) is 5. The van der Waals surface area contributed by atoms with Crippen LogP contribution in [0.25, 0.3) is 0 Å². The zero-order chi connectivity index (χ0) is 24.0. The first-order valence-electron chi connectivity index (χ1n) is 10.8. The Balaban J connectivity index is 1.52. The lowest BCUT2D eigenvalue weighted by molar-refractivity contribution is -0.114. The molecule has 0 aromatic heterocycles. The molecule has 0 saturated carbocycles. The maximum atomic E-state index is 12.8. The molecule has 2 aromatic carbocycles. The van der Waals surface area contributed by atoms with Crippen LogP contribution in [0, 0.1) is 12.8 Å². The minimum absolute atomic E-state index is 0.133. The molecule has 0 atom stereocenters. The molecule has 9 nitrogen and oxygen atoms in total. The summed E-state index contributed by atoms with van der Waals surface area (Å²) in [6.07, 6.45) is 1.39. The summed E-state index contributed by atoms with van der Waals surface area (Å²) >= 11 is 0. The highest BCUT2D eigenvalue weighted by Crippen LogP contribution is 2.25. The second kappa shape index (κ2) is 10.7. The lowest BCUT2D eigenvalue weighted by Gasteiger charge is -2.32. The third-order valence-electron chi connectivity index (χ3n) is 5.60. The van der Waals surface area contributed by atoms with E-state index < -0.39 is 10.0 Å². The molecule has 3 amide bonds. The summed E-state index contributed by atoms with van der Waals surface area (Å²) in [6.45, 7) is 4.47. The van der Waals surface area contributed by atoms with Gasteiger partial charge in [0, 0.05) is 32.2 Å². The molecule has 0 unspecified atom stereocenters. The van der Waals surface area contributed by atoms with Crippen molar-refractivity contribution in [3.63, 3.8) is 0 Å². The van der Waals surface area contributed by atoms with Gasteiger partial charge in [-0.05, 0) is 61.6 Å². The molecule has 1 aliphatic rings. The van der Waals surface area contributed by atoms with Gasteiger partial charge in [0.25, 0.3) is 0 Å². The Morgan fingerprint density at radius 1 is 1.09 bits per heavy atom. The second-order valence-electron chi connectivity index (χ2n) is 8.07. The number of para-hydroxylation sites is 2. The van der Waals surface area contributed by atoms with E-state index in [1.165, 1.54) is 13.0 Å². The molecule has 1 saturated heterocycles. The maximum absolute atomic E-state index is 12.8. The van der Waals surface area contributed by atoms with Crippen LogP contribution in [0.4, 0.5) is 16.2 Å². The van der Waals surface area contributed by atoms with Gasteiger partial charge in [-0.2, -0.15) is 0 Å². The molecular formula is C23H30N4O5S. The van der Waals surface area contributed by atoms with Crippen molar-refractivity contribution in [3.8, 4) is 5.75 Å². The van der Waals surface area contributed by atoms with Crippen molar-refractivity contribution in [1.29, 1.82) is 0 Å². The van der Waals surface area contributed by atoms with E-state index in [1.54, 1.807) is 43.2 Å². The number of carbonyl (C=O) groups is 2. The molecular weight excluding hydrogens is 444 g/mol. The fourth-order valence-corrected chi connectivity index (χ4v) is 5.16. The van der Waals surface area contributed by atoms with Crippen LogP contribution in [0.5, 0.6) is 5.75 Å². The van der Waals surface area contributed by atoms with E-state index in [-0.39, 0.29) is 22.8 Å².